The van der Waals surface area contributed by atoms with E-state index in [0.717, 1.165) is 0 Å². The number of aliphatic hydroxyl groups is 1. The molecule has 33 heavy (non-hydrogen) atoms. The van der Waals surface area contributed by atoms with Gasteiger partial charge in [0.05, 0.1) is 16.1 Å². The lowest BCUT2D eigenvalue weighted by atomic mass is 10.0. The van der Waals surface area contributed by atoms with Gasteiger partial charge < -0.3 is 19.7 Å². The van der Waals surface area contributed by atoms with Crippen LogP contribution in [0.3, 0.4) is 0 Å². The van der Waals surface area contributed by atoms with E-state index in [1.807, 2.05) is 12.1 Å². The van der Waals surface area contributed by atoms with Gasteiger partial charge in [0.2, 0.25) is 0 Å². The van der Waals surface area contributed by atoms with Crippen molar-refractivity contribution in [2.75, 3.05) is 11.9 Å². The number of aromatic hydroxyl groups is 1. The third-order valence-corrected chi connectivity index (χ3v) is 5.70. The number of carbonyl (C=O) groups excluding carboxylic acids is 1. The highest BCUT2D eigenvalue weighted by atomic mass is 79.9. The number of nitriles is 1. The maximum absolute atomic E-state index is 12.8. The third-order valence-electron chi connectivity index (χ3n) is 4.64. The molecule has 0 heterocycles. The zero-order valence-electron chi connectivity index (χ0n) is 17.2. The summed E-state index contributed by atoms with van der Waals surface area (Å²) in [5.41, 5.74) is 1.18. The van der Waals surface area contributed by atoms with Crippen molar-refractivity contribution in [1.29, 1.82) is 5.26 Å². The summed E-state index contributed by atoms with van der Waals surface area (Å²) in [6.45, 7) is -0.232. The lowest BCUT2D eigenvalue weighted by molar-refractivity contribution is 0.00792. The van der Waals surface area contributed by atoms with Crippen LogP contribution in [0.25, 0.3) is 0 Å². The number of benzene rings is 3. The number of carbonyl (C=O) groups is 1. The smallest absolute Gasteiger partial charge is 0.412 e. The van der Waals surface area contributed by atoms with Crippen molar-refractivity contribution in [2.24, 2.45) is 0 Å². The van der Waals surface area contributed by atoms with Gasteiger partial charge in [0.15, 0.2) is 6.10 Å². The van der Waals surface area contributed by atoms with Crippen LogP contribution in [0.2, 0.25) is 0 Å². The molecule has 0 aliphatic rings. The summed E-state index contributed by atoms with van der Waals surface area (Å²) in [4.78, 5) is 12.8. The van der Waals surface area contributed by atoms with Crippen molar-refractivity contribution in [3.63, 3.8) is 0 Å². The number of amides is 1. The largest absolute Gasteiger partial charge is 0.506 e. The Bertz CT molecular complexity index is 1130. The van der Waals surface area contributed by atoms with Gasteiger partial charge in [-0.3, -0.25) is 5.32 Å². The predicted octanol–water partition coefficient (Wildman–Crippen LogP) is 5.91. The molecule has 0 aliphatic carbocycles. The first-order chi connectivity index (χ1) is 15.9. The van der Waals surface area contributed by atoms with Gasteiger partial charge in [-0.25, -0.2) is 4.79 Å². The zero-order valence-corrected chi connectivity index (χ0v) is 20.4. The van der Waals surface area contributed by atoms with Gasteiger partial charge in [0.1, 0.15) is 17.6 Å². The second-order valence-corrected chi connectivity index (χ2v) is 8.72. The molecule has 1 amide bonds. The second kappa shape index (κ2) is 11.7. The number of halogens is 2. The topological polar surface area (TPSA) is 112 Å². The first-order valence-corrected chi connectivity index (χ1v) is 11.5. The molecule has 0 saturated heterocycles. The number of hydrogen-bond donors (Lipinski definition) is 3. The van der Waals surface area contributed by atoms with Crippen LogP contribution in [0, 0.1) is 11.3 Å². The molecule has 9 heteroatoms. The predicted molar refractivity (Wildman–Crippen MR) is 130 cm³/mol. The Kier molecular flexibility index (Phi) is 8.72. The Hall–Kier alpha value is -3.06. The minimum Gasteiger partial charge on any atom is -0.506 e. The van der Waals surface area contributed by atoms with Crippen molar-refractivity contribution in [3.05, 3.63) is 86.8 Å². The Morgan fingerprint density at radius 3 is 2.42 bits per heavy atom. The Morgan fingerprint density at radius 1 is 1.09 bits per heavy atom. The number of aliphatic hydroxyl groups excluding tert-OH is 1. The van der Waals surface area contributed by atoms with Gasteiger partial charge >= 0.3 is 6.09 Å². The molecule has 3 aromatic rings. The molecule has 0 radical (unpaired) electrons. The molecule has 0 spiro atoms. The summed E-state index contributed by atoms with van der Waals surface area (Å²) in [5, 5.41) is 31.9. The average Bonchev–Trinajstić information content (AvgIpc) is 2.81. The highest BCUT2D eigenvalue weighted by molar-refractivity contribution is 9.11. The fourth-order valence-corrected chi connectivity index (χ4v) is 4.36. The number of hydrogen-bond acceptors (Lipinski definition) is 6. The highest BCUT2D eigenvalue weighted by Gasteiger charge is 2.32. The molecule has 170 valence electrons. The third kappa shape index (κ3) is 6.71. The van der Waals surface area contributed by atoms with E-state index in [1.165, 1.54) is 0 Å². The summed E-state index contributed by atoms with van der Waals surface area (Å²) >= 11 is 6.69. The van der Waals surface area contributed by atoms with Gasteiger partial charge in [-0.1, -0.05) is 34.1 Å². The van der Waals surface area contributed by atoms with Crippen LogP contribution < -0.4 is 10.1 Å². The molecule has 3 aromatic carbocycles. The molecule has 2 atom stereocenters. The van der Waals surface area contributed by atoms with Crippen molar-refractivity contribution in [1.82, 2.24) is 0 Å². The molecule has 0 saturated carbocycles. The molecular formula is C24H20Br2N2O5. The van der Waals surface area contributed by atoms with Gasteiger partial charge in [-0.05, 0) is 64.5 Å². The highest BCUT2D eigenvalue weighted by Crippen LogP contribution is 2.39. The summed E-state index contributed by atoms with van der Waals surface area (Å²) in [6, 6.07) is 20.5. The van der Waals surface area contributed by atoms with E-state index in [0.29, 0.717) is 31.5 Å². The van der Waals surface area contributed by atoms with Crippen molar-refractivity contribution < 1.29 is 24.5 Å². The van der Waals surface area contributed by atoms with Gasteiger partial charge in [-0.2, -0.15) is 5.26 Å². The maximum Gasteiger partial charge on any atom is 0.412 e. The van der Waals surface area contributed by atoms with Crippen LogP contribution in [-0.2, 0) is 4.74 Å². The van der Waals surface area contributed by atoms with Gasteiger partial charge in [0.25, 0.3) is 0 Å². The standard InChI is InChI=1S/C24H20Br2N2O5/c25-16-12-19(22(30)20(26)13-16)23(21(10-11-29)32-18-4-2-1-3-5-18)33-24(31)28-17-8-6-15(14-27)7-9-17/h1-9,12-13,21,23,29-30H,10-11H2,(H,28,31)/t21-,23-/m0/s1. The molecule has 7 nitrogen and oxygen atoms in total. The molecule has 0 aliphatic heterocycles. The fraction of sp³-hybridized carbons (Fsp3) is 0.167. The van der Waals surface area contributed by atoms with E-state index >= 15 is 0 Å². The van der Waals surface area contributed by atoms with Crippen LogP contribution >= 0.6 is 31.9 Å². The van der Waals surface area contributed by atoms with Crippen LogP contribution in [0.4, 0.5) is 10.5 Å². The Balaban J connectivity index is 1.93. The van der Waals surface area contributed by atoms with Gasteiger partial charge in [0, 0.05) is 28.8 Å². The van der Waals surface area contributed by atoms with E-state index in [1.54, 1.807) is 60.7 Å². The monoisotopic (exact) mass is 574 g/mol. The fourth-order valence-electron chi connectivity index (χ4n) is 3.11. The number of nitrogens with zero attached hydrogens (tertiary/aromatic N) is 1. The minimum atomic E-state index is -1.07. The first kappa shape index (κ1) is 24.6. The summed E-state index contributed by atoms with van der Waals surface area (Å²) < 4.78 is 12.8. The van der Waals surface area contributed by atoms with E-state index < -0.39 is 18.3 Å². The van der Waals surface area contributed by atoms with E-state index in [-0.39, 0.29) is 18.8 Å². The summed E-state index contributed by atoms with van der Waals surface area (Å²) in [6.07, 6.45) is -2.53. The Labute approximate surface area is 207 Å². The molecule has 0 bridgehead atoms. The van der Waals surface area contributed by atoms with Crippen molar-refractivity contribution in [2.45, 2.75) is 18.6 Å². The van der Waals surface area contributed by atoms with E-state index in [4.69, 9.17) is 14.7 Å². The molecule has 0 unspecified atom stereocenters. The number of para-hydroxylation sites is 1. The van der Waals surface area contributed by atoms with E-state index in [2.05, 4.69) is 37.2 Å². The van der Waals surface area contributed by atoms with Crippen LogP contribution in [0.15, 0.2) is 75.7 Å². The van der Waals surface area contributed by atoms with Crippen LogP contribution in [-0.4, -0.2) is 29.0 Å². The SMILES string of the molecule is N#Cc1ccc(NC(=O)O[C@@H](c2cc(Br)cc(Br)c2O)[C@H](CCO)Oc2ccccc2)cc1. The first-order valence-electron chi connectivity index (χ1n) is 9.89. The number of anilines is 1. The summed E-state index contributed by atoms with van der Waals surface area (Å²) in [5.74, 6) is 0.402. The molecule has 0 fully saturated rings. The molecular weight excluding hydrogens is 556 g/mol. The maximum atomic E-state index is 12.8. The lowest BCUT2D eigenvalue weighted by Crippen LogP contribution is -2.32. The number of nitrogens with one attached hydrogen (secondary N) is 1. The average molecular weight is 576 g/mol. The second-order valence-electron chi connectivity index (χ2n) is 6.95. The van der Waals surface area contributed by atoms with Crippen LogP contribution in [0.1, 0.15) is 23.7 Å². The number of rotatable bonds is 8. The van der Waals surface area contributed by atoms with Crippen molar-refractivity contribution in [3.8, 4) is 17.6 Å². The zero-order chi connectivity index (χ0) is 23.8. The van der Waals surface area contributed by atoms with Gasteiger partial charge in [-0.15, -0.1) is 0 Å². The van der Waals surface area contributed by atoms with E-state index in [9.17, 15) is 15.0 Å². The number of ether oxygens (including phenoxy) is 2. The minimum absolute atomic E-state index is 0.117. The molecule has 3 N–H and O–H groups in total. The lowest BCUT2D eigenvalue weighted by Gasteiger charge is -2.28. The normalized spacial score (nSPS) is 12.3. The number of phenols is 1. The Morgan fingerprint density at radius 2 is 1.79 bits per heavy atom. The number of phenolic OH excluding ortho intramolecular Hbond substituents is 1. The molecule has 0 aromatic heterocycles. The van der Waals surface area contributed by atoms with Crippen molar-refractivity contribution >= 4 is 43.6 Å². The molecule has 3 rings (SSSR count). The van der Waals surface area contributed by atoms with Crippen LogP contribution in [0.5, 0.6) is 11.5 Å². The summed E-state index contributed by atoms with van der Waals surface area (Å²) in [7, 11) is 0. The quantitative estimate of drug-likeness (QED) is 0.308.